The van der Waals surface area contributed by atoms with Gasteiger partial charge in [-0.3, -0.25) is 4.79 Å². The molecule has 3 nitrogen and oxygen atoms in total. The average molecular weight is 294 g/mol. The molecule has 1 saturated carbocycles. The highest BCUT2D eigenvalue weighted by atomic mass is 16.5. The van der Waals surface area contributed by atoms with Gasteiger partial charge in [-0.1, -0.05) is 26.2 Å². The maximum absolute atomic E-state index is 13.1. The van der Waals surface area contributed by atoms with Gasteiger partial charge in [-0.2, -0.15) is 0 Å². The Bertz CT molecular complexity index is 380. The van der Waals surface area contributed by atoms with E-state index in [4.69, 9.17) is 9.47 Å². The fraction of sp³-hybridized carbons (Fsp3) is 0.944. The highest BCUT2D eigenvalue weighted by Gasteiger charge is 2.47. The highest BCUT2D eigenvalue weighted by Crippen LogP contribution is 2.43. The van der Waals surface area contributed by atoms with Crippen molar-refractivity contribution in [3.05, 3.63) is 0 Å². The molecule has 0 bridgehead atoms. The summed E-state index contributed by atoms with van der Waals surface area (Å²) < 4.78 is 12.0. The molecule has 2 saturated heterocycles. The summed E-state index contributed by atoms with van der Waals surface area (Å²) in [6, 6.07) is 0. The minimum absolute atomic E-state index is 0.0222. The second-order valence-electron chi connectivity index (χ2n) is 7.62. The summed E-state index contributed by atoms with van der Waals surface area (Å²) >= 11 is 0. The first-order valence-corrected chi connectivity index (χ1v) is 8.85. The third-order valence-electron chi connectivity index (χ3n) is 6.23. The number of hydrogen-bond acceptors (Lipinski definition) is 3. The summed E-state index contributed by atoms with van der Waals surface area (Å²) in [4.78, 5) is 13.1. The molecule has 5 unspecified atom stereocenters. The minimum Gasteiger partial charge on any atom is -0.375 e. The number of carbonyl (C=O) groups is 1. The first kappa shape index (κ1) is 15.5. The second kappa shape index (κ2) is 6.00. The maximum atomic E-state index is 13.1. The lowest BCUT2D eigenvalue weighted by Gasteiger charge is -2.43. The van der Waals surface area contributed by atoms with Crippen molar-refractivity contribution in [1.29, 1.82) is 0 Å². The molecule has 0 aromatic carbocycles. The summed E-state index contributed by atoms with van der Waals surface area (Å²) in [6.07, 6.45) is 8.30. The monoisotopic (exact) mass is 294 g/mol. The van der Waals surface area contributed by atoms with Crippen LogP contribution in [0.2, 0.25) is 0 Å². The molecular formula is C18H30O3. The number of rotatable bonds is 2. The van der Waals surface area contributed by atoms with E-state index in [-0.39, 0.29) is 29.6 Å². The Morgan fingerprint density at radius 2 is 1.76 bits per heavy atom. The lowest BCUT2D eigenvalue weighted by Crippen LogP contribution is -2.45. The molecule has 5 atom stereocenters. The van der Waals surface area contributed by atoms with Crippen molar-refractivity contribution in [1.82, 2.24) is 0 Å². The first-order valence-electron chi connectivity index (χ1n) is 8.85. The Labute approximate surface area is 128 Å². The zero-order chi connectivity index (χ0) is 15.0. The molecule has 1 spiro atoms. The van der Waals surface area contributed by atoms with E-state index in [9.17, 15) is 4.79 Å². The third-order valence-corrected chi connectivity index (χ3v) is 6.23. The van der Waals surface area contributed by atoms with Crippen LogP contribution in [0.3, 0.4) is 0 Å². The van der Waals surface area contributed by atoms with Crippen molar-refractivity contribution in [2.75, 3.05) is 6.61 Å². The minimum atomic E-state index is 0.0222. The van der Waals surface area contributed by atoms with Gasteiger partial charge >= 0.3 is 0 Å². The van der Waals surface area contributed by atoms with Crippen LogP contribution in [0.15, 0.2) is 0 Å². The zero-order valence-electron chi connectivity index (χ0n) is 13.8. The first-order chi connectivity index (χ1) is 10.0. The van der Waals surface area contributed by atoms with Crippen LogP contribution in [0.1, 0.15) is 65.7 Å². The summed E-state index contributed by atoms with van der Waals surface area (Å²) in [5.41, 5.74) is 0.0222. The molecule has 21 heavy (non-hydrogen) atoms. The molecule has 0 radical (unpaired) electrons. The van der Waals surface area contributed by atoms with Crippen LogP contribution < -0.4 is 0 Å². The van der Waals surface area contributed by atoms with E-state index in [1.54, 1.807) is 0 Å². The van der Waals surface area contributed by atoms with Gasteiger partial charge in [-0.25, -0.2) is 0 Å². The lowest BCUT2D eigenvalue weighted by molar-refractivity contribution is -0.147. The van der Waals surface area contributed by atoms with Crippen LogP contribution in [0, 0.1) is 17.8 Å². The Morgan fingerprint density at radius 3 is 2.38 bits per heavy atom. The van der Waals surface area contributed by atoms with E-state index in [0.717, 1.165) is 32.3 Å². The van der Waals surface area contributed by atoms with Gasteiger partial charge in [0.05, 0.1) is 17.8 Å². The predicted molar refractivity (Wildman–Crippen MR) is 82.2 cm³/mol. The van der Waals surface area contributed by atoms with Crippen molar-refractivity contribution in [3.63, 3.8) is 0 Å². The highest BCUT2D eigenvalue weighted by molar-refractivity contribution is 5.84. The summed E-state index contributed by atoms with van der Waals surface area (Å²) in [5.74, 6) is 1.08. The van der Waals surface area contributed by atoms with Gasteiger partial charge < -0.3 is 9.47 Å². The van der Waals surface area contributed by atoms with E-state index >= 15 is 0 Å². The third kappa shape index (κ3) is 2.92. The molecule has 1 aliphatic carbocycles. The van der Waals surface area contributed by atoms with Crippen LogP contribution in [0.5, 0.6) is 0 Å². The van der Waals surface area contributed by atoms with Crippen LogP contribution in [0.25, 0.3) is 0 Å². The lowest BCUT2D eigenvalue weighted by atomic mass is 9.71. The summed E-state index contributed by atoms with van der Waals surface area (Å²) in [7, 11) is 0. The molecule has 2 aliphatic heterocycles. The smallest absolute Gasteiger partial charge is 0.142 e. The van der Waals surface area contributed by atoms with Gasteiger partial charge in [0, 0.05) is 18.4 Å². The maximum Gasteiger partial charge on any atom is 0.142 e. The van der Waals surface area contributed by atoms with Crippen LogP contribution in [0.4, 0.5) is 0 Å². The van der Waals surface area contributed by atoms with E-state index < -0.39 is 0 Å². The van der Waals surface area contributed by atoms with Crippen molar-refractivity contribution < 1.29 is 14.3 Å². The molecule has 3 heteroatoms. The van der Waals surface area contributed by atoms with Crippen molar-refractivity contribution in [2.24, 2.45) is 17.8 Å². The molecule has 0 amide bonds. The molecule has 3 rings (SSSR count). The van der Waals surface area contributed by atoms with Crippen LogP contribution in [-0.4, -0.2) is 30.2 Å². The molecule has 3 fully saturated rings. The van der Waals surface area contributed by atoms with Crippen LogP contribution in [-0.2, 0) is 14.3 Å². The molecule has 120 valence electrons. The summed E-state index contributed by atoms with van der Waals surface area (Å²) in [6.45, 7) is 7.11. The number of ketones is 1. The Hall–Kier alpha value is -0.410. The second-order valence-corrected chi connectivity index (χ2v) is 7.62. The molecule has 0 aromatic rings. The SMILES string of the molecule is CC1OC(C)C(C(=O)C2CCOC3(CCCCC3)C2)C1C. The van der Waals surface area contributed by atoms with Gasteiger partial charge in [0.25, 0.3) is 0 Å². The average Bonchev–Trinajstić information content (AvgIpc) is 2.72. The van der Waals surface area contributed by atoms with E-state index in [1.807, 2.05) is 0 Å². The molecule has 0 aromatic heterocycles. The molecule has 0 N–H and O–H groups in total. The van der Waals surface area contributed by atoms with E-state index in [0.29, 0.717) is 11.7 Å². The van der Waals surface area contributed by atoms with E-state index in [1.165, 1.54) is 19.3 Å². The summed E-state index contributed by atoms with van der Waals surface area (Å²) in [5, 5.41) is 0. The van der Waals surface area contributed by atoms with E-state index in [2.05, 4.69) is 20.8 Å². The van der Waals surface area contributed by atoms with Gasteiger partial charge in [0.1, 0.15) is 5.78 Å². The predicted octanol–water partition coefficient (Wildman–Crippen LogP) is 3.74. The van der Waals surface area contributed by atoms with Gasteiger partial charge in [0.15, 0.2) is 0 Å². The van der Waals surface area contributed by atoms with Crippen LogP contribution >= 0.6 is 0 Å². The number of carbonyl (C=O) groups excluding carboxylic acids is 1. The topological polar surface area (TPSA) is 35.5 Å². The van der Waals surface area contributed by atoms with Crippen molar-refractivity contribution in [3.8, 4) is 0 Å². The van der Waals surface area contributed by atoms with Gasteiger partial charge in [-0.15, -0.1) is 0 Å². The molecular weight excluding hydrogens is 264 g/mol. The largest absolute Gasteiger partial charge is 0.375 e. The fourth-order valence-corrected chi connectivity index (χ4v) is 4.84. The van der Waals surface area contributed by atoms with Gasteiger partial charge in [-0.05, 0) is 45.4 Å². The molecule has 3 aliphatic rings. The molecule has 2 heterocycles. The standard InChI is InChI=1S/C18H30O3/c1-12-13(2)21-14(3)16(12)17(19)15-7-10-20-18(11-15)8-5-4-6-9-18/h12-16H,4-11H2,1-3H3. The normalized spacial score (nSPS) is 43.1. The number of Topliss-reactive ketones (excluding diaryl/α,β-unsaturated/α-hetero) is 1. The zero-order valence-corrected chi connectivity index (χ0v) is 13.8. The Kier molecular flexibility index (Phi) is 4.42. The van der Waals surface area contributed by atoms with Crippen molar-refractivity contribution >= 4 is 5.78 Å². The quantitative estimate of drug-likeness (QED) is 0.778. The number of hydrogen-bond donors (Lipinski definition) is 0. The van der Waals surface area contributed by atoms with Crippen molar-refractivity contribution in [2.45, 2.75) is 83.5 Å². The fourth-order valence-electron chi connectivity index (χ4n) is 4.84. The van der Waals surface area contributed by atoms with Gasteiger partial charge in [0.2, 0.25) is 0 Å². The number of ether oxygens (including phenoxy) is 2. The Morgan fingerprint density at radius 1 is 1.05 bits per heavy atom. The Balaban J connectivity index is 1.69.